The fourth-order valence-corrected chi connectivity index (χ4v) is 1.87. The molecule has 1 aliphatic rings. The molecule has 0 unspecified atom stereocenters. The Kier molecular flexibility index (Phi) is 3.41. The second-order valence-corrected chi connectivity index (χ2v) is 4.00. The van der Waals surface area contributed by atoms with Crippen molar-refractivity contribution in [3.63, 3.8) is 0 Å². The molecule has 1 aliphatic heterocycles. The molecule has 1 amide bonds. The second kappa shape index (κ2) is 4.99. The molecule has 1 aromatic rings. The molecule has 16 heavy (non-hydrogen) atoms. The van der Waals surface area contributed by atoms with Crippen molar-refractivity contribution >= 4 is 5.91 Å². The molecule has 2 rings (SSSR count). The van der Waals surface area contributed by atoms with E-state index in [0.29, 0.717) is 6.54 Å². The molecule has 86 valence electrons. The third-order valence-electron chi connectivity index (χ3n) is 2.82. The molecule has 1 aromatic carbocycles. The molecule has 0 spiro atoms. The van der Waals surface area contributed by atoms with Gasteiger partial charge in [-0.3, -0.25) is 4.79 Å². The molecule has 0 bridgehead atoms. The zero-order chi connectivity index (χ0) is 11.4. The highest BCUT2D eigenvalue weighted by Gasteiger charge is 2.21. The first-order valence-electron chi connectivity index (χ1n) is 5.55. The normalized spacial score (nSPS) is 19.6. The van der Waals surface area contributed by atoms with Crippen molar-refractivity contribution in [2.45, 2.75) is 25.4 Å². The van der Waals surface area contributed by atoms with Gasteiger partial charge in [0.05, 0.1) is 6.04 Å². The molecule has 1 atom stereocenters. The summed E-state index contributed by atoms with van der Waals surface area (Å²) < 4.78 is 0. The quantitative estimate of drug-likeness (QED) is 0.704. The van der Waals surface area contributed by atoms with Crippen LogP contribution in [-0.2, 0) is 11.3 Å². The highest BCUT2D eigenvalue weighted by Crippen LogP contribution is 2.15. The molecule has 0 aliphatic carbocycles. The topological polar surface area (TPSA) is 61.4 Å². The zero-order valence-electron chi connectivity index (χ0n) is 9.07. The standard InChI is InChI=1S/C12H16N2O2/c15-11-6-2-1-4-9(11)8-14-12(16)10-5-3-7-13-10/h1-2,4,6,10,13,15H,3,5,7-8H2,(H,14,16)/t10-/m1/s1. The minimum atomic E-state index is -0.0640. The largest absolute Gasteiger partial charge is 0.508 e. The number of amides is 1. The Morgan fingerprint density at radius 1 is 1.50 bits per heavy atom. The Morgan fingerprint density at radius 2 is 2.31 bits per heavy atom. The molecular weight excluding hydrogens is 204 g/mol. The molecule has 4 nitrogen and oxygen atoms in total. The van der Waals surface area contributed by atoms with Gasteiger partial charge < -0.3 is 15.7 Å². The van der Waals surface area contributed by atoms with Crippen LogP contribution in [0, 0.1) is 0 Å². The van der Waals surface area contributed by atoms with Gasteiger partial charge >= 0.3 is 0 Å². The van der Waals surface area contributed by atoms with E-state index in [-0.39, 0.29) is 17.7 Å². The predicted molar refractivity (Wildman–Crippen MR) is 61.0 cm³/mol. The summed E-state index contributed by atoms with van der Waals surface area (Å²) in [6.45, 7) is 1.29. The van der Waals surface area contributed by atoms with Crippen LogP contribution < -0.4 is 10.6 Å². The molecule has 1 fully saturated rings. The number of nitrogens with one attached hydrogen (secondary N) is 2. The van der Waals surface area contributed by atoms with Crippen molar-refractivity contribution < 1.29 is 9.90 Å². The Balaban J connectivity index is 1.87. The van der Waals surface area contributed by atoms with Crippen molar-refractivity contribution in [2.75, 3.05) is 6.54 Å². The molecule has 0 radical (unpaired) electrons. The lowest BCUT2D eigenvalue weighted by molar-refractivity contribution is -0.122. The van der Waals surface area contributed by atoms with Crippen LogP contribution in [0.1, 0.15) is 18.4 Å². The number of hydrogen-bond acceptors (Lipinski definition) is 3. The van der Waals surface area contributed by atoms with E-state index in [2.05, 4.69) is 10.6 Å². The number of carbonyl (C=O) groups excluding carboxylic acids is 1. The maximum Gasteiger partial charge on any atom is 0.237 e. The summed E-state index contributed by atoms with van der Waals surface area (Å²) in [6.07, 6.45) is 1.95. The minimum Gasteiger partial charge on any atom is -0.508 e. The highest BCUT2D eigenvalue weighted by molar-refractivity contribution is 5.82. The minimum absolute atomic E-state index is 0.0146. The van der Waals surface area contributed by atoms with Crippen molar-refractivity contribution in [1.29, 1.82) is 0 Å². The molecular formula is C12H16N2O2. The molecule has 1 saturated heterocycles. The zero-order valence-corrected chi connectivity index (χ0v) is 9.07. The van der Waals surface area contributed by atoms with Gasteiger partial charge in [-0.2, -0.15) is 0 Å². The van der Waals surface area contributed by atoms with E-state index in [1.165, 1.54) is 0 Å². The average molecular weight is 220 g/mol. The summed E-state index contributed by atoms with van der Waals surface area (Å²) in [4.78, 5) is 11.7. The first kappa shape index (κ1) is 11.0. The van der Waals surface area contributed by atoms with Crippen LogP contribution in [0.3, 0.4) is 0 Å². The van der Waals surface area contributed by atoms with E-state index in [4.69, 9.17) is 0 Å². The lowest BCUT2D eigenvalue weighted by Gasteiger charge is -2.11. The molecule has 0 saturated carbocycles. The Hall–Kier alpha value is -1.55. The molecule has 3 N–H and O–H groups in total. The maximum atomic E-state index is 11.7. The summed E-state index contributed by atoms with van der Waals surface area (Å²) in [5.41, 5.74) is 0.744. The van der Waals surface area contributed by atoms with Crippen molar-refractivity contribution in [2.24, 2.45) is 0 Å². The summed E-state index contributed by atoms with van der Waals surface area (Å²) >= 11 is 0. The van der Waals surface area contributed by atoms with Gasteiger partial charge in [-0.15, -0.1) is 0 Å². The smallest absolute Gasteiger partial charge is 0.237 e. The Morgan fingerprint density at radius 3 is 3.00 bits per heavy atom. The van der Waals surface area contributed by atoms with E-state index in [0.717, 1.165) is 24.9 Å². The van der Waals surface area contributed by atoms with E-state index < -0.39 is 0 Å². The number of benzene rings is 1. The van der Waals surface area contributed by atoms with Gasteiger partial charge in [-0.05, 0) is 25.5 Å². The predicted octanol–water partition coefficient (Wildman–Crippen LogP) is 0.760. The van der Waals surface area contributed by atoms with Crippen molar-refractivity contribution in [3.05, 3.63) is 29.8 Å². The third-order valence-corrected chi connectivity index (χ3v) is 2.82. The number of phenols is 1. The van der Waals surface area contributed by atoms with Gasteiger partial charge in [-0.25, -0.2) is 0 Å². The lowest BCUT2D eigenvalue weighted by atomic mass is 10.2. The average Bonchev–Trinajstić information content (AvgIpc) is 2.81. The van der Waals surface area contributed by atoms with E-state index in [9.17, 15) is 9.90 Å². The lowest BCUT2D eigenvalue weighted by Crippen LogP contribution is -2.39. The molecule has 4 heteroatoms. The maximum absolute atomic E-state index is 11.7. The molecule has 0 aromatic heterocycles. The van der Waals surface area contributed by atoms with Crippen LogP contribution in [0.5, 0.6) is 5.75 Å². The van der Waals surface area contributed by atoms with Crippen LogP contribution in [0.25, 0.3) is 0 Å². The first-order chi connectivity index (χ1) is 7.77. The van der Waals surface area contributed by atoms with Crippen LogP contribution in [0.2, 0.25) is 0 Å². The van der Waals surface area contributed by atoms with Gasteiger partial charge in [0.15, 0.2) is 0 Å². The molecule has 1 heterocycles. The van der Waals surface area contributed by atoms with E-state index in [1.54, 1.807) is 18.2 Å². The van der Waals surface area contributed by atoms with Gasteiger partial charge in [0.1, 0.15) is 5.75 Å². The summed E-state index contributed by atoms with van der Waals surface area (Å²) in [5.74, 6) is 0.239. The fourth-order valence-electron chi connectivity index (χ4n) is 1.87. The number of carbonyl (C=O) groups is 1. The van der Waals surface area contributed by atoms with E-state index in [1.807, 2.05) is 6.07 Å². The van der Waals surface area contributed by atoms with Crippen molar-refractivity contribution in [1.82, 2.24) is 10.6 Å². The van der Waals surface area contributed by atoms with Crippen LogP contribution in [0.15, 0.2) is 24.3 Å². The van der Waals surface area contributed by atoms with Crippen molar-refractivity contribution in [3.8, 4) is 5.75 Å². The number of hydrogen-bond donors (Lipinski definition) is 3. The fraction of sp³-hybridized carbons (Fsp3) is 0.417. The van der Waals surface area contributed by atoms with Gasteiger partial charge in [0.2, 0.25) is 5.91 Å². The SMILES string of the molecule is O=C(NCc1ccccc1O)[C@H]1CCCN1. The highest BCUT2D eigenvalue weighted by atomic mass is 16.3. The first-order valence-corrected chi connectivity index (χ1v) is 5.55. The van der Waals surface area contributed by atoms with Gasteiger partial charge in [0.25, 0.3) is 0 Å². The van der Waals surface area contributed by atoms with Crippen LogP contribution >= 0.6 is 0 Å². The monoisotopic (exact) mass is 220 g/mol. The van der Waals surface area contributed by atoms with Gasteiger partial charge in [-0.1, -0.05) is 18.2 Å². The van der Waals surface area contributed by atoms with Gasteiger partial charge in [0, 0.05) is 12.1 Å². The summed E-state index contributed by atoms with van der Waals surface area (Å²) in [5, 5.41) is 15.5. The number of para-hydroxylation sites is 1. The summed E-state index contributed by atoms with van der Waals surface area (Å²) in [7, 11) is 0. The number of phenolic OH excluding ortho intramolecular Hbond substituents is 1. The second-order valence-electron chi connectivity index (χ2n) is 4.00. The van der Waals surface area contributed by atoms with Crippen LogP contribution in [0.4, 0.5) is 0 Å². The Bertz CT molecular complexity index is 373. The number of aromatic hydroxyl groups is 1. The third kappa shape index (κ3) is 2.52. The van der Waals surface area contributed by atoms with Crippen LogP contribution in [-0.4, -0.2) is 23.6 Å². The number of rotatable bonds is 3. The Labute approximate surface area is 94.7 Å². The summed E-state index contributed by atoms with van der Waals surface area (Å²) in [6, 6.07) is 6.96. The van der Waals surface area contributed by atoms with E-state index >= 15 is 0 Å².